The predicted octanol–water partition coefficient (Wildman–Crippen LogP) is 6.91. The number of halogens is 4. The normalized spacial score (nSPS) is 10.7. The van der Waals surface area contributed by atoms with Crippen LogP contribution in [0.25, 0.3) is 0 Å². The van der Waals surface area contributed by atoms with E-state index in [1.54, 1.807) is 18.3 Å². The summed E-state index contributed by atoms with van der Waals surface area (Å²) >= 11 is 23.6. The van der Waals surface area contributed by atoms with Crippen LogP contribution < -0.4 is 14.2 Å². The SMILES string of the molecule is CO/N=C/c1cccc(OCCCCOc2c(Cl)cc(OCC=C(Cl)Cl)cc2Cl)c1. The van der Waals surface area contributed by atoms with Gasteiger partial charge in [-0.25, -0.2) is 0 Å². The fraction of sp³-hybridized carbons (Fsp3) is 0.286. The minimum Gasteiger partial charge on any atom is -0.494 e. The van der Waals surface area contributed by atoms with Gasteiger partial charge >= 0.3 is 0 Å². The summed E-state index contributed by atoms with van der Waals surface area (Å²) in [5.41, 5.74) is 0.899. The lowest BCUT2D eigenvalue weighted by Gasteiger charge is -2.12. The maximum atomic E-state index is 6.25. The Labute approximate surface area is 196 Å². The molecule has 2 aromatic rings. The first-order chi connectivity index (χ1) is 14.5. The number of hydrogen-bond acceptors (Lipinski definition) is 5. The average molecular weight is 493 g/mol. The molecule has 0 fully saturated rings. The average Bonchev–Trinajstić information content (AvgIpc) is 2.70. The van der Waals surface area contributed by atoms with Crippen molar-refractivity contribution in [3.05, 3.63) is 62.6 Å². The quantitative estimate of drug-likeness (QED) is 0.183. The van der Waals surface area contributed by atoms with E-state index in [2.05, 4.69) is 9.99 Å². The van der Waals surface area contributed by atoms with E-state index < -0.39 is 0 Å². The highest BCUT2D eigenvalue weighted by molar-refractivity contribution is 6.55. The molecule has 2 aromatic carbocycles. The zero-order valence-corrected chi connectivity index (χ0v) is 19.3. The molecule has 0 N–H and O–H groups in total. The van der Waals surface area contributed by atoms with Gasteiger partial charge in [-0.05, 0) is 36.6 Å². The Hall–Kier alpha value is -1.79. The van der Waals surface area contributed by atoms with Crippen molar-refractivity contribution in [3.63, 3.8) is 0 Å². The first kappa shape index (κ1) is 24.5. The molecule has 0 unspecified atom stereocenters. The van der Waals surface area contributed by atoms with Crippen LogP contribution in [-0.2, 0) is 4.84 Å². The molecule has 0 spiro atoms. The Morgan fingerprint density at radius 2 is 1.63 bits per heavy atom. The standard InChI is InChI=1S/C21H21Cl4NO4/c1-27-26-14-15-5-4-6-16(11-15)28-8-2-3-9-30-21-18(22)12-17(13-19(21)23)29-10-7-20(24)25/h4-7,11-14H,2-3,8-10H2,1H3/b26-14+. The molecule has 0 aliphatic carbocycles. The molecule has 9 heteroatoms. The Bertz CT molecular complexity index is 847. The summed E-state index contributed by atoms with van der Waals surface area (Å²) < 4.78 is 17.1. The van der Waals surface area contributed by atoms with Gasteiger partial charge < -0.3 is 19.0 Å². The molecule has 0 aliphatic rings. The molecule has 0 saturated heterocycles. The van der Waals surface area contributed by atoms with Gasteiger partial charge in [0.2, 0.25) is 0 Å². The highest BCUT2D eigenvalue weighted by Crippen LogP contribution is 2.37. The van der Waals surface area contributed by atoms with Crippen molar-refractivity contribution >= 4 is 52.6 Å². The molecule has 0 heterocycles. The monoisotopic (exact) mass is 491 g/mol. The van der Waals surface area contributed by atoms with Gasteiger partial charge in [0.05, 0.1) is 29.5 Å². The Kier molecular flexibility index (Phi) is 11.0. The molecule has 0 bridgehead atoms. The molecule has 0 radical (unpaired) electrons. The van der Waals surface area contributed by atoms with E-state index >= 15 is 0 Å². The Morgan fingerprint density at radius 3 is 2.30 bits per heavy atom. The minimum atomic E-state index is 0.128. The van der Waals surface area contributed by atoms with Gasteiger partial charge in [-0.15, -0.1) is 0 Å². The third kappa shape index (κ3) is 8.92. The molecular formula is C21H21Cl4NO4. The summed E-state index contributed by atoms with van der Waals surface area (Å²) in [5, 5.41) is 4.46. The number of rotatable bonds is 12. The van der Waals surface area contributed by atoms with Crippen LogP contribution in [0.1, 0.15) is 18.4 Å². The largest absolute Gasteiger partial charge is 0.494 e. The van der Waals surface area contributed by atoms with Gasteiger partial charge in [0.25, 0.3) is 0 Å². The number of hydrogen-bond donors (Lipinski definition) is 0. The highest BCUT2D eigenvalue weighted by atomic mass is 35.5. The van der Waals surface area contributed by atoms with E-state index in [1.165, 1.54) is 13.2 Å². The summed E-state index contributed by atoms with van der Waals surface area (Å²) in [6.45, 7) is 1.21. The number of benzene rings is 2. The molecule has 30 heavy (non-hydrogen) atoms. The fourth-order valence-corrected chi connectivity index (χ4v) is 3.03. The van der Waals surface area contributed by atoms with Crippen LogP contribution in [-0.4, -0.2) is 33.1 Å². The highest BCUT2D eigenvalue weighted by Gasteiger charge is 2.10. The first-order valence-electron chi connectivity index (χ1n) is 9.05. The molecule has 0 aliphatic heterocycles. The zero-order chi connectivity index (χ0) is 21.8. The third-order valence-electron chi connectivity index (χ3n) is 3.68. The molecule has 2 rings (SSSR count). The van der Waals surface area contributed by atoms with Crippen molar-refractivity contribution in [1.82, 2.24) is 0 Å². The number of unbranched alkanes of at least 4 members (excludes halogenated alkanes) is 1. The zero-order valence-electron chi connectivity index (χ0n) is 16.2. The lowest BCUT2D eigenvalue weighted by molar-refractivity contribution is 0.215. The second kappa shape index (κ2) is 13.5. The van der Waals surface area contributed by atoms with Crippen molar-refractivity contribution < 1.29 is 19.0 Å². The van der Waals surface area contributed by atoms with Gasteiger partial charge in [-0.1, -0.05) is 63.7 Å². The van der Waals surface area contributed by atoms with Crippen LogP contribution >= 0.6 is 46.4 Å². The summed E-state index contributed by atoms with van der Waals surface area (Å²) in [4.78, 5) is 4.67. The summed E-state index contributed by atoms with van der Waals surface area (Å²) in [6.07, 6.45) is 4.71. The summed E-state index contributed by atoms with van der Waals surface area (Å²) in [5.74, 6) is 1.68. The van der Waals surface area contributed by atoms with Gasteiger partial charge in [0.15, 0.2) is 5.75 Å². The topological polar surface area (TPSA) is 49.3 Å². The van der Waals surface area contributed by atoms with E-state index in [-0.39, 0.29) is 11.1 Å². The lowest BCUT2D eigenvalue weighted by atomic mass is 10.2. The van der Waals surface area contributed by atoms with Gasteiger partial charge in [0.1, 0.15) is 29.7 Å². The first-order valence-corrected chi connectivity index (χ1v) is 10.6. The minimum absolute atomic E-state index is 0.128. The van der Waals surface area contributed by atoms with Crippen molar-refractivity contribution in [2.24, 2.45) is 5.16 Å². The van der Waals surface area contributed by atoms with Crippen LogP contribution in [0.5, 0.6) is 17.2 Å². The molecule has 0 amide bonds. The van der Waals surface area contributed by atoms with E-state index in [0.29, 0.717) is 34.8 Å². The molecule has 0 saturated carbocycles. The van der Waals surface area contributed by atoms with Crippen LogP contribution in [0.4, 0.5) is 0 Å². The van der Waals surface area contributed by atoms with Gasteiger partial charge in [-0.2, -0.15) is 0 Å². The maximum Gasteiger partial charge on any atom is 0.156 e. The fourth-order valence-electron chi connectivity index (χ4n) is 2.33. The van der Waals surface area contributed by atoms with Crippen molar-refractivity contribution in [2.45, 2.75) is 12.8 Å². The second-order valence-corrected chi connectivity index (χ2v) is 7.74. The van der Waals surface area contributed by atoms with Crippen LogP contribution in [0.2, 0.25) is 10.0 Å². The van der Waals surface area contributed by atoms with Gasteiger partial charge in [-0.3, -0.25) is 0 Å². The molecule has 0 atom stereocenters. The molecule has 162 valence electrons. The van der Waals surface area contributed by atoms with E-state index in [0.717, 1.165) is 24.2 Å². The Balaban J connectivity index is 1.74. The van der Waals surface area contributed by atoms with E-state index in [4.69, 9.17) is 60.6 Å². The Morgan fingerprint density at radius 1 is 0.933 bits per heavy atom. The third-order valence-corrected chi connectivity index (χ3v) is 4.55. The van der Waals surface area contributed by atoms with Crippen LogP contribution in [0.3, 0.4) is 0 Å². The number of nitrogens with zero attached hydrogens (tertiary/aromatic N) is 1. The van der Waals surface area contributed by atoms with Crippen LogP contribution in [0, 0.1) is 0 Å². The van der Waals surface area contributed by atoms with Crippen molar-refractivity contribution in [1.29, 1.82) is 0 Å². The van der Waals surface area contributed by atoms with Crippen LogP contribution in [0.15, 0.2) is 52.1 Å². The van der Waals surface area contributed by atoms with E-state index in [9.17, 15) is 0 Å². The smallest absolute Gasteiger partial charge is 0.156 e. The maximum absolute atomic E-state index is 6.25. The van der Waals surface area contributed by atoms with Gasteiger partial charge in [0, 0.05) is 12.1 Å². The molecular weight excluding hydrogens is 472 g/mol. The lowest BCUT2D eigenvalue weighted by Crippen LogP contribution is -2.03. The number of ether oxygens (including phenoxy) is 3. The molecule has 5 nitrogen and oxygen atoms in total. The number of oxime groups is 1. The summed E-state index contributed by atoms with van der Waals surface area (Å²) in [7, 11) is 1.50. The molecule has 0 aromatic heterocycles. The van der Waals surface area contributed by atoms with E-state index in [1.807, 2.05) is 24.3 Å². The van der Waals surface area contributed by atoms with Crippen molar-refractivity contribution in [2.75, 3.05) is 26.9 Å². The second-order valence-electron chi connectivity index (χ2n) is 5.91. The summed E-state index contributed by atoms with van der Waals surface area (Å²) in [6, 6.07) is 10.8. The van der Waals surface area contributed by atoms with Crippen molar-refractivity contribution in [3.8, 4) is 17.2 Å². The predicted molar refractivity (Wildman–Crippen MR) is 123 cm³/mol.